The number of nitrogens with one attached hydrogen (secondary N) is 1. The molecule has 0 saturated carbocycles. The minimum absolute atomic E-state index is 0.0702. The van der Waals surface area contributed by atoms with E-state index in [-0.39, 0.29) is 5.91 Å². The fourth-order valence-electron chi connectivity index (χ4n) is 2.18. The van der Waals surface area contributed by atoms with Crippen LogP contribution in [0, 0.1) is 0 Å². The molecule has 0 atom stereocenters. The normalized spacial score (nSPS) is 10.6. The molecule has 0 fully saturated rings. The van der Waals surface area contributed by atoms with Gasteiger partial charge in [-0.25, -0.2) is 0 Å². The first-order valence-electron chi connectivity index (χ1n) is 7.99. The maximum atomic E-state index is 12.0. The van der Waals surface area contributed by atoms with Crippen molar-refractivity contribution in [1.29, 1.82) is 0 Å². The average molecular weight is 408 g/mol. The molecular formula is C19H22BrNO2S. The number of benzene rings is 2. The van der Waals surface area contributed by atoms with Crippen molar-refractivity contribution in [2.24, 2.45) is 0 Å². The Hall–Kier alpha value is -1.30. The quantitative estimate of drug-likeness (QED) is 0.607. The lowest BCUT2D eigenvalue weighted by Gasteiger charge is -2.11. The summed E-state index contributed by atoms with van der Waals surface area (Å²) in [6.45, 7) is 3.79. The second kappa shape index (κ2) is 10.5. The SMILES string of the molecule is CCOCc1ccccc1CNC(=O)CCSc1ccccc1Br. The average Bonchev–Trinajstić information content (AvgIpc) is 2.60. The Morgan fingerprint density at radius 3 is 2.58 bits per heavy atom. The zero-order valence-corrected chi connectivity index (χ0v) is 16.2. The van der Waals surface area contributed by atoms with Crippen LogP contribution in [-0.4, -0.2) is 18.3 Å². The van der Waals surface area contributed by atoms with Crippen molar-refractivity contribution < 1.29 is 9.53 Å². The van der Waals surface area contributed by atoms with Crippen LogP contribution in [0.2, 0.25) is 0 Å². The van der Waals surface area contributed by atoms with E-state index in [4.69, 9.17) is 4.74 Å². The van der Waals surface area contributed by atoms with Crippen LogP contribution < -0.4 is 5.32 Å². The van der Waals surface area contributed by atoms with E-state index in [0.717, 1.165) is 26.2 Å². The number of carbonyl (C=O) groups is 1. The van der Waals surface area contributed by atoms with Gasteiger partial charge in [-0.3, -0.25) is 4.79 Å². The molecule has 0 aliphatic carbocycles. The van der Waals surface area contributed by atoms with Gasteiger partial charge in [0.25, 0.3) is 0 Å². The van der Waals surface area contributed by atoms with Crippen LogP contribution in [0.15, 0.2) is 57.9 Å². The summed E-state index contributed by atoms with van der Waals surface area (Å²) in [5, 5.41) is 3.00. The summed E-state index contributed by atoms with van der Waals surface area (Å²) in [4.78, 5) is 13.2. The molecule has 0 unspecified atom stereocenters. The number of ether oxygens (including phenoxy) is 1. The molecule has 5 heteroatoms. The molecule has 1 amide bonds. The lowest BCUT2D eigenvalue weighted by molar-refractivity contribution is -0.120. The van der Waals surface area contributed by atoms with Gasteiger partial charge in [0.1, 0.15) is 0 Å². The van der Waals surface area contributed by atoms with Gasteiger partial charge < -0.3 is 10.1 Å². The molecular weight excluding hydrogens is 386 g/mol. The Bertz CT molecular complexity index is 663. The molecule has 0 aliphatic heterocycles. The second-order valence-electron chi connectivity index (χ2n) is 5.21. The van der Waals surface area contributed by atoms with E-state index in [1.165, 1.54) is 0 Å². The van der Waals surface area contributed by atoms with E-state index in [9.17, 15) is 4.79 Å². The van der Waals surface area contributed by atoms with E-state index in [1.807, 2.05) is 49.4 Å². The molecule has 0 aromatic heterocycles. The zero-order chi connectivity index (χ0) is 17.2. The molecule has 24 heavy (non-hydrogen) atoms. The van der Waals surface area contributed by atoms with E-state index in [1.54, 1.807) is 11.8 Å². The highest BCUT2D eigenvalue weighted by Crippen LogP contribution is 2.27. The van der Waals surface area contributed by atoms with Crippen molar-refractivity contribution in [3.63, 3.8) is 0 Å². The molecule has 2 aromatic carbocycles. The lowest BCUT2D eigenvalue weighted by atomic mass is 10.1. The zero-order valence-electron chi connectivity index (χ0n) is 13.8. The molecule has 1 N–H and O–H groups in total. The van der Waals surface area contributed by atoms with Crippen LogP contribution >= 0.6 is 27.7 Å². The minimum atomic E-state index is 0.0702. The Morgan fingerprint density at radius 1 is 1.12 bits per heavy atom. The molecule has 0 aliphatic rings. The van der Waals surface area contributed by atoms with Gasteiger partial charge in [-0.05, 0) is 46.1 Å². The van der Waals surface area contributed by atoms with Gasteiger partial charge in [0, 0.05) is 34.7 Å². The molecule has 0 heterocycles. The smallest absolute Gasteiger partial charge is 0.221 e. The summed E-state index contributed by atoms with van der Waals surface area (Å²) in [5.74, 6) is 0.829. The summed E-state index contributed by atoms with van der Waals surface area (Å²) in [6.07, 6.45) is 0.500. The summed E-state index contributed by atoms with van der Waals surface area (Å²) in [7, 11) is 0. The Kier molecular flexibility index (Phi) is 8.36. The third-order valence-corrected chi connectivity index (χ3v) is 5.51. The van der Waals surface area contributed by atoms with Crippen molar-refractivity contribution in [3.8, 4) is 0 Å². The summed E-state index contributed by atoms with van der Waals surface area (Å²) < 4.78 is 6.54. The first kappa shape index (κ1) is 19.0. The number of hydrogen-bond acceptors (Lipinski definition) is 3. The number of halogens is 1. The highest BCUT2D eigenvalue weighted by atomic mass is 79.9. The van der Waals surface area contributed by atoms with Crippen LogP contribution in [0.1, 0.15) is 24.5 Å². The van der Waals surface area contributed by atoms with Crippen molar-refractivity contribution in [2.75, 3.05) is 12.4 Å². The van der Waals surface area contributed by atoms with Crippen LogP contribution in [0.5, 0.6) is 0 Å². The third-order valence-electron chi connectivity index (χ3n) is 3.48. The highest BCUT2D eigenvalue weighted by Gasteiger charge is 2.06. The van der Waals surface area contributed by atoms with Gasteiger partial charge in [0.15, 0.2) is 0 Å². The number of amides is 1. The Morgan fingerprint density at radius 2 is 1.83 bits per heavy atom. The van der Waals surface area contributed by atoms with Gasteiger partial charge in [-0.2, -0.15) is 0 Å². The van der Waals surface area contributed by atoms with Crippen LogP contribution in [0.25, 0.3) is 0 Å². The van der Waals surface area contributed by atoms with Gasteiger partial charge in [-0.1, -0.05) is 36.4 Å². The van der Waals surface area contributed by atoms with Gasteiger partial charge in [0.05, 0.1) is 6.61 Å². The largest absolute Gasteiger partial charge is 0.377 e. The van der Waals surface area contributed by atoms with E-state index < -0.39 is 0 Å². The third kappa shape index (κ3) is 6.30. The van der Waals surface area contributed by atoms with Crippen molar-refractivity contribution in [1.82, 2.24) is 5.32 Å². The van der Waals surface area contributed by atoms with E-state index in [0.29, 0.717) is 26.2 Å². The van der Waals surface area contributed by atoms with Crippen molar-refractivity contribution in [2.45, 2.75) is 31.4 Å². The topological polar surface area (TPSA) is 38.3 Å². The van der Waals surface area contributed by atoms with Gasteiger partial charge in [-0.15, -0.1) is 11.8 Å². The lowest BCUT2D eigenvalue weighted by Crippen LogP contribution is -2.23. The van der Waals surface area contributed by atoms with E-state index >= 15 is 0 Å². The monoisotopic (exact) mass is 407 g/mol. The first-order chi connectivity index (χ1) is 11.7. The Balaban J connectivity index is 1.76. The summed E-state index contributed by atoms with van der Waals surface area (Å²) in [6, 6.07) is 16.1. The molecule has 2 rings (SSSR count). The molecule has 0 saturated heterocycles. The van der Waals surface area contributed by atoms with Crippen LogP contribution in [0.3, 0.4) is 0 Å². The first-order valence-corrected chi connectivity index (χ1v) is 9.77. The predicted octanol–water partition coefficient (Wildman–Crippen LogP) is 4.78. The summed E-state index contributed by atoms with van der Waals surface area (Å²) >= 11 is 5.20. The van der Waals surface area contributed by atoms with Crippen molar-refractivity contribution >= 4 is 33.6 Å². The molecule has 128 valence electrons. The molecule has 3 nitrogen and oxygen atoms in total. The molecule has 0 spiro atoms. The second-order valence-corrected chi connectivity index (χ2v) is 7.20. The number of rotatable bonds is 9. The van der Waals surface area contributed by atoms with Crippen LogP contribution in [-0.2, 0) is 22.7 Å². The van der Waals surface area contributed by atoms with Gasteiger partial charge >= 0.3 is 0 Å². The van der Waals surface area contributed by atoms with Crippen LogP contribution in [0.4, 0.5) is 0 Å². The standard InChI is InChI=1S/C19H22BrNO2S/c1-2-23-14-16-8-4-3-7-15(16)13-21-19(22)11-12-24-18-10-6-5-9-17(18)20/h3-10H,2,11-14H2,1H3,(H,21,22). The predicted molar refractivity (Wildman–Crippen MR) is 103 cm³/mol. The number of hydrogen-bond donors (Lipinski definition) is 1. The minimum Gasteiger partial charge on any atom is -0.377 e. The van der Waals surface area contributed by atoms with E-state index in [2.05, 4.69) is 27.3 Å². The highest BCUT2D eigenvalue weighted by molar-refractivity contribution is 9.10. The molecule has 0 bridgehead atoms. The fourth-order valence-corrected chi connectivity index (χ4v) is 3.70. The Labute approximate surface area is 156 Å². The van der Waals surface area contributed by atoms with Gasteiger partial charge in [0.2, 0.25) is 5.91 Å². The van der Waals surface area contributed by atoms with Crippen molar-refractivity contribution in [3.05, 3.63) is 64.1 Å². The fraction of sp³-hybridized carbons (Fsp3) is 0.316. The maximum Gasteiger partial charge on any atom is 0.221 e. The number of carbonyl (C=O) groups excluding carboxylic acids is 1. The number of thioether (sulfide) groups is 1. The molecule has 2 aromatic rings. The maximum absolute atomic E-state index is 12.0. The molecule has 0 radical (unpaired) electrons. The summed E-state index contributed by atoms with van der Waals surface area (Å²) in [5.41, 5.74) is 2.24.